The normalized spacial score (nSPS) is 15.3. The zero-order valence-electron chi connectivity index (χ0n) is 24.2. The molecule has 0 saturated carbocycles. The Morgan fingerprint density at radius 2 is 1.37 bits per heavy atom. The van der Waals surface area contributed by atoms with Crippen LogP contribution in [0.25, 0.3) is 0 Å². The van der Waals surface area contributed by atoms with Gasteiger partial charge in [0.15, 0.2) is 0 Å². The van der Waals surface area contributed by atoms with Gasteiger partial charge in [0.05, 0.1) is 5.92 Å². The third kappa shape index (κ3) is 13.2. The Kier molecular flexibility index (Phi) is 11.7. The van der Waals surface area contributed by atoms with Gasteiger partial charge >= 0.3 is 18.2 Å². The lowest BCUT2D eigenvalue weighted by atomic mass is 9.96. The summed E-state index contributed by atoms with van der Waals surface area (Å²) in [6.45, 7) is 9.81. The van der Waals surface area contributed by atoms with E-state index < -0.39 is 69.1 Å². The van der Waals surface area contributed by atoms with Crippen LogP contribution in [0.2, 0.25) is 0 Å². The molecule has 41 heavy (non-hydrogen) atoms. The van der Waals surface area contributed by atoms with E-state index in [0.717, 1.165) is 9.79 Å². The zero-order valence-corrected chi connectivity index (χ0v) is 25.8. The Hall–Kier alpha value is -2.73. The van der Waals surface area contributed by atoms with Gasteiger partial charge in [-0.1, -0.05) is 42.1 Å². The molecule has 0 aromatic heterocycles. The number of esters is 1. The fraction of sp³-hybridized carbons (Fsp3) is 0.517. The van der Waals surface area contributed by atoms with Crippen molar-refractivity contribution in [2.75, 3.05) is 11.5 Å². The first-order valence-electron chi connectivity index (χ1n) is 13.1. The first-order chi connectivity index (χ1) is 18.7. The molecular formula is C29H39F3N2O5S2. The molecule has 228 valence electrons. The van der Waals surface area contributed by atoms with E-state index >= 15 is 0 Å². The fourth-order valence-electron chi connectivity index (χ4n) is 3.70. The molecule has 2 N–H and O–H groups in total. The number of amides is 1. The van der Waals surface area contributed by atoms with E-state index in [4.69, 9.17) is 14.3 Å². The Morgan fingerprint density at radius 1 is 0.854 bits per heavy atom. The van der Waals surface area contributed by atoms with Gasteiger partial charge in [-0.15, -0.1) is 0 Å². The summed E-state index contributed by atoms with van der Waals surface area (Å²) in [4.78, 5) is 26.7. The highest BCUT2D eigenvalue weighted by molar-refractivity contribution is 7.99. The summed E-state index contributed by atoms with van der Waals surface area (Å²) in [7, 11) is -3.54. The first-order valence-corrected chi connectivity index (χ1v) is 15.8. The van der Waals surface area contributed by atoms with Gasteiger partial charge in [0.25, 0.3) is 0 Å². The molecular weight excluding hydrogens is 577 g/mol. The summed E-state index contributed by atoms with van der Waals surface area (Å²) in [5.41, 5.74) is -1.72. The number of alkyl carbamates (subject to hydrolysis) is 1. The van der Waals surface area contributed by atoms with Crippen LogP contribution in [0.3, 0.4) is 0 Å². The van der Waals surface area contributed by atoms with Crippen LogP contribution in [0.15, 0.2) is 64.4 Å². The monoisotopic (exact) mass is 616 g/mol. The number of hydrogen-bond donors (Lipinski definition) is 2. The SMILES string of the molecule is CC(C)(C)OC(=O)N[C@@H](CCS(=N)(=O)CCC(c1ccc(Sc2ccccc2)cc1)C(F)(F)F)C(=O)OC(C)(C)C. The average molecular weight is 617 g/mol. The predicted molar refractivity (Wildman–Crippen MR) is 155 cm³/mol. The van der Waals surface area contributed by atoms with E-state index in [1.165, 1.54) is 23.9 Å². The molecule has 12 heteroatoms. The summed E-state index contributed by atoms with van der Waals surface area (Å²) < 4.78 is 73.8. The molecule has 0 fully saturated rings. The standard InChI is InChI=1S/C29H39F3N2O5S2/c1-27(2,3)38-25(35)24(34-26(36)39-28(4,5)6)17-19-41(33,37)18-16-23(29(30,31)32)20-12-14-22(15-13-20)40-21-10-8-7-9-11-21/h7-15,23-24,33H,16-19H2,1-6H3,(H,34,36)/t23?,24-,41?/m0/s1. The van der Waals surface area contributed by atoms with Crippen molar-refractivity contribution in [3.05, 3.63) is 60.2 Å². The molecule has 0 aliphatic rings. The minimum absolute atomic E-state index is 0.0170. The highest BCUT2D eigenvalue weighted by atomic mass is 32.2. The number of rotatable bonds is 11. The number of hydrogen-bond acceptors (Lipinski definition) is 7. The Labute approximate surface area is 244 Å². The number of carbonyl (C=O) groups excluding carboxylic acids is 2. The van der Waals surface area contributed by atoms with Crippen LogP contribution in [0.5, 0.6) is 0 Å². The van der Waals surface area contributed by atoms with Crippen LogP contribution < -0.4 is 5.32 Å². The van der Waals surface area contributed by atoms with Crippen molar-refractivity contribution < 1.29 is 36.4 Å². The minimum atomic E-state index is -4.61. The third-order valence-electron chi connectivity index (χ3n) is 5.51. The molecule has 2 aromatic carbocycles. The quantitative estimate of drug-likeness (QED) is 0.253. The molecule has 0 saturated heterocycles. The van der Waals surface area contributed by atoms with Crippen molar-refractivity contribution in [1.29, 1.82) is 4.78 Å². The topological polar surface area (TPSA) is 106 Å². The maximum Gasteiger partial charge on any atom is 0.408 e. The van der Waals surface area contributed by atoms with Crippen molar-refractivity contribution in [2.24, 2.45) is 0 Å². The predicted octanol–water partition coefficient (Wildman–Crippen LogP) is 7.55. The molecule has 1 amide bonds. The number of ether oxygens (including phenoxy) is 2. The van der Waals surface area contributed by atoms with Crippen LogP contribution in [0.1, 0.15) is 65.9 Å². The first kappa shape index (κ1) is 34.5. The van der Waals surface area contributed by atoms with Crippen LogP contribution in [0, 0.1) is 4.78 Å². The second-order valence-electron chi connectivity index (χ2n) is 11.6. The minimum Gasteiger partial charge on any atom is -0.458 e. The number of alkyl halides is 3. The Balaban J connectivity index is 2.10. The van der Waals surface area contributed by atoms with Crippen molar-refractivity contribution in [2.45, 2.75) is 93.5 Å². The lowest BCUT2D eigenvalue weighted by molar-refractivity contribution is -0.157. The van der Waals surface area contributed by atoms with E-state index in [1.54, 1.807) is 53.7 Å². The molecule has 0 radical (unpaired) electrons. The number of halogens is 3. The average Bonchev–Trinajstić information content (AvgIpc) is 2.80. The van der Waals surface area contributed by atoms with Crippen molar-refractivity contribution >= 4 is 33.6 Å². The van der Waals surface area contributed by atoms with Crippen molar-refractivity contribution in [1.82, 2.24) is 5.32 Å². The van der Waals surface area contributed by atoms with Gasteiger partial charge in [-0.2, -0.15) is 13.2 Å². The van der Waals surface area contributed by atoms with Crippen LogP contribution in [-0.4, -0.2) is 51.2 Å². The molecule has 2 rings (SSSR count). The summed E-state index contributed by atoms with van der Waals surface area (Å²) in [6.07, 6.45) is -6.34. The summed E-state index contributed by atoms with van der Waals surface area (Å²) in [6, 6.07) is 14.2. The van der Waals surface area contributed by atoms with Gasteiger partial charge in [0.2, 0.25) is 0 Å². The molecule has 0 bridgehead atoms. The van der Waals surface area contributed by atoms with Crippen LogP contribution in [-0.2, 0) is 24.0 Å². The second-order valence-corrected chi connectivity index (χ2v) is 15.2. The highest BCUT2D eigenvalue weighted by Gasteiger charge is 2.41. The lowest BCUT2D eigenvalue weighted by Gasteiger charge is -2.26. The van der Waals surface area contributed by atoms with Gasteiger partial charge in [0, 0.05) is 31.0 Å². The largest absolute Gasteiger partial charge is 0.458 e. The molecule has 2 unspecified atom stereocenters. The molecule has 0 spiro atoms. The number of nitrogens with one attached hydrogen (secondary N) is 2. The Bertz CT molecular complexity index is 1250. The van der Waals surface area contributed by atoms with Gasteiger partial charge in [0.1, 0.15) is 17.2 Å². The summed E-state index contributed by atoms with van der Waals surface area (Å²) in [5.74, 6) is -3.68. The third-order valence-corrected chi connectivity index (χ3v) is 8.32. The van der Waals surface area contributed by atoms with Gasteiger partial charge in [-0.25, -0.2) is 13.8 Å². The van der Waals surface area contributed by atoms with E-state index in [0.29, 0.717) is 0 Å². The Morgan fingerprint density at radius 3 is 1.88 bits per heavy atom. The molecule has 0 aliphatic heterocycles. The number of carbonyl (C=O) groups is 2. The molecule has 2 aromatic rings. The smallest absolute Gasteiger partial charge is 0.408 e. The molecule has 0 heterocycles. The van der Waals surface area contributed by atoms with E-state index in [2.05, 4.69) is 5.32 Å². The van der Waals surface area contributed by atoms with Gasteiger partial charge in [-0.05, 0) is 84.2 Å². The number of benzene rings is 2. The van der Waals surface area contributed by atoms with Gasteiger partial charge in [-0.3, -0.25) is 4.78 Å². The molecule has 7 nitrogen and oxygen atoms in total. The van der Waals surface area contributed by atoms with Crippen LogP contribution >= 0.6 is 11.8 Å². The van der Waals surface area contributed by atoms with Gasteiger partial charge < -0.3 is 14.8 Å². The summed E-state index contributed by atoms with van der Waals surface area (Å²) in [5, 5.41) is 2.38. The zero-order chi connectivity index (χ0) is 31.1. The maximum atomic E-state index is 14.0. The lowest BCUT2D eigenvalue weighted by Crippen LogP contribution is -2.46. The molecule has 3 atom stereocenters. The molecule has 0 aliphatic carbocycles. The fourth-order valence-corrected chi connectivity index (χ4v) is 5.98. The van der Waals surface area contributed by atoms with E-state index in [9.17, 15) is 27.0 Å². The second kappa shape index (κ2) is 14.0. The van der Waals surface area contributed by atoms with Crippen molar-refractivity contribution in [3.63, 3.8) is 0 Å². The van der Waals surface area contributed by atoms with Crippen molar-refractivity contribution in [3.8, 4) is 0 Å². The maximum absolute atomic E-state index is 14.0. The highest BCUT2D eigenvalue weighted by Crippen LogP contribution is 2.39. The summed E-state index contributed by atoms with van der Waals surface area (Å²) >= 11 is 1.42. The van der Waals surface area contributed by atoms with E-state index in [-0.39, 0.29) is 12.0 Å². The van der Waals surface area contributed by atoms with E-state index in [1.807, 2.05) is 30.3 Å². The van der Waals surface area contributed by atoms with Crippen LogP contribution in [0.4, 0.5) is 18.0 Å².